The first kappa shape index (κ1) is 21.3. The molecular formula is C24H28FN3O3. The molecule has 0 aliphatic carbocycles. The Morgan fingerprint density at radius 1 is 1.06 bits per heavy atom. The number of amides is 2. The zero-order chi connectivity index (χ0) is 21.8. The summed E-state index contributed by atoms with van der Waals surface area (Å²) in [6.45, 7) is 5.44. The number of rotatable bonds is 4. The van der Waals surface area contributed by atoms with Gasteiger partial charge in [0.15, 0.2) is 0 Å². The maximum atomic E-state index is 14.6. The van der Waals surface area contributed by atoms with Crippen LogP contribution in [0.25, 0.3) is 0 Å². The summed E-state index contributed by atoms with van der Waals surface area (Å²) in [5.41, 5.74) is 2.68. The van der Waals surface area contributed by atoms with Crippen LogP contribution in [0.15, 0.2) is 42.5 Å². The molecule has 164 valence electrons. The fraction of sp³-hybridized carbons (Fsp3) is 0.417. The highest BCUT2D eigenvalue weighted by Gasteiger charge is 2.29. The highest BCUT2D eigenvalue weighted by atomic mass is 19.1. The lowest BCUT2D eigenvalue weighted by Gasteiger charge is -2.32. The van der Waals surface area contributed by atoms with Crippen LogP contribution < -0.4 is 10.2 Å². The normalized spacial score (nSPS) is 19.2. The number of carbonyl (C=O) groups is 2. The zero-order valence-electron chi connectivity index (χ0n) is 17.8. The minimum Gasteiger partial charge on any atom is -0.378 e. The Balaban J connectivity index is 1.38. The van der Waals surface area contributed by atoms with Crippen molar-refractivity contribution in [2.75, 3.05) is 49.6 Å². The number of nitrogens with one attached hydrogen (secondary N) is 1. The third kappa shape index (κ3) is 5.05. The molecule has 0 bridgehead atoms. The van der Waals surface area contributed by atoms with Gasteiger partial charge in [-0.1, -0.05) is 17.7 Å². The summed E-state index contributed by atoms with van der Waals surface area (Å²) >= 11 is 0. The van der Waals surface area contributed by atoms with Crippen LogP contribution in [-0.2, 0) is 9.53 Å². The number of morpholine rings is 1. The summed E-state index contributed by atoms with van der Waals surface area (Å²) in [5, 5.41) is 2.83. The van der Waals surface area contributed by atoms with Gasteiger partial charge < -0.3 is 19.9 Å². The number of piperidine rings is 1. The fourth-order valence-electron chi connectivity index (χ4n) is 4.14. The number of hydrogen-bond donors (Lipinski definition) is 1. The van der Waals surface area contributed by atoms with E-state index in [4.69, 9.17) is 4.74 Å². The number of nitrogens with zero attached hydrogens (tertiary/aromatic N) is 2. The van der Waals surface area contributed by atoms with E-state index in [-0.39, 0.29) is 23.5 Å². The van der Waals surface area contributed by atoms with E-state index in [1.54, 1.807) is 17.0 Å². The number of likely N-dealkylation sites (tertiary alicyclic amines) is 1. The first-order valence-corrected chi connectivity index (χ1v) is 10.8. The van der Waals surface area contributed by atoms with Gasteiger partial charge in [-0.3, -0.25) is 9.59 Å². The first-order valence-electron chi connectivity index (χ1n) is 10.8. The van der Waals surface area contributed by atoms with Crippen LogP contribution in [0.1, 0.15) is 28.8 Å². The number of anilines is 2. The molecule has 2 saturated heterocycles. The quantitative estimate of drug-likeness (QED) is 0.815. The van der Waals surface area contributed by atoms with E-state index in [1.807, 2.05) is 36.1 Å². The molecule has 2 aliphatic heterocycles. The average Bonchev–Trinajstić information content (AvgIpc) is 2.80. The molecule has 6 nitrogen and oxygen atoms in total. The molecule has 4 rings (SSSR count). The predicted molar refractivity (Wildman–Crippen MR) is 118 cm³/mol. The Morgan fingerprint density at radius 3 is 2.52 bits per heavy atom. The van der Waals surface area contributed by atoms with Crippen molar-refractivity contribution < 1.29 is 18.7 Å². The second kappa shape index (κ2) is 9.47. The van der Waals surface area contributed by atoms with E-state index in [0.717, 1.165) is 12.0 Å². The maximum absolute atomic E-state index is 14.6. The molecule has 2 aromatic rings. The summed E-state index contributed by atoms with van der Waals surface area (Å²) in [5.74, 6) is -0.914. The molecule has 2 aliphatic rings. The van der Waals surface area contributed by atoms with Gasteiger partial charge in [0.25, 0.3) is 5.91 Å². The molecule has 1 N–H and O–H groups in total. The van der Waals surface area contributed by atoms with Crippen LogP contribution in [0.2, 0.25) is 0 Å². The summed E-state index contributed by atoms with van der Waals surface area (Å²) in [6, 6.07) is 12.3. The smallest absolute Gasteiger partial charge is 0.253 e. The number of ether oxygens (including phenoxy) is 1. The van der Waals surface area contributed by atoms with Gasteiger partial charge in [-0.05, 0) is 50.1 Å². The monoisotopic (exact) mass is 425 g/mol. The lowest BCUT2D eigenvalue weighted by Crippen LogP contribution is -2.43. The van der Waals surface area contributed by atoms with Crippen molar-refractivity contribution in [2.45, 2.75) is 19.8 Å². The lowest BCUT2D eigenvalue weighted by atomic mass is 9.96. The van der Waals surface area contributed by atoms with Gasteiger partial charge in [0, 0.05) is 37.4 Å². The van der Waals surface area contributed by atoms with E-state index < -0.39 is 0 Å². The van der Waals surface area contributed by atoms with E-state index in [1.165, 1.54) is 6.07 Å². The molecule has 0 aromatic heterocycles. The van der Waals surface area contributed by atoms with Crippen molar-refractivity contribution in [3.8, 4) is 0 Å². The predicted octanol–water partition coefficient (Wildman–Crippen LogP) is 3.46. The Labute approximate surface area is 182 Å². The third-order valence-electron chi connectivity index (χ3n) is 5.94. The van der Waals surface area contributed by atoms with Gasteiger partial charge in [-0.25, -0.2) is 4.39 Å². The minimum atomic E-state index is -0.362. The SMILES string of the molecule is Cc1ccc(C(=O)N2CCCC(C(=O)Nc3ccc(N4CCOCC4)c(F)c3)C2)cc1. The number of hydrogen-bond acceptors (Lipinski definition) is 4. The lowest BCUT2D eigenvalue weighted by molar-refractivity contribution is -0.121. The van der Waals surface area contributed by atoms with E-state index in [2.05, 4.69) is 5.32 Å². The van der Waals surface area contributed by atoms with Gasteiger partial charge in [-0.2, -0.15) is 0 Å². The summed E-state index contributed by atoms with van der Waals surface area (Å²) in [4.78, 5) is 29.3. The summed E-state index contributed by atoms with van der Waals surface area (Å²) in [7, 11) is 0. The van der Waals surface area contributed by atoms with Crippen molar-refractivity contribution in [1.82, 2.24) is 4.90 Å². The summed E-state index contributed by atoms with van der Waals surface area (Å²) < 4.78 is 19.9. The standard InChI is InChI=1S/C24H28FN3O3/c1-17-4-6-18(7-5-17)24(30)28-10-2-3-19(16-28)23(29)26-20-8-9-22(21(25)15-20)27-11-13-31-14-12-27/h4-9,15,19H,2-3,10-14,16H2,1H3,(H,26,29). The average molecular weight is 426 g/mol. The Bertz CT molecular complexity index is 942. The largest absolute Gasteiger partial charge is 0.378 e. The first-order chi connectivity index (χ1) is 15.0. The molecule has 1 unspecified atom stereocenters. The molecule has 2 aromatic carbocycles. The van der Waals surface area contributed by atoms with Crippen molar-refractivity contribution >= 4 is 23.2 Å². The van der Waals surface area contributed by atoms with E-state index >= 15 is 0 Å². The second-order valence-corrected chi connectivity index (χ2v) is 8.21. The van der Waals surface area contributed by atoms with Crippen molar-refractivity contribution in [2.24, 2.45) is 5.92 Å². The van der Waals surface area contributed by atoms with Gasteiger partial charge in [0.1, 0.15) is 5.82 Å². The minimum absolute atomic E-state index is 0.0570. The zero-order valence-corrected chi connectivity index (χ0v) is 17.8. The van der Waals surface area contributed by atoms with Crippen LogP contribution in [0.3, 0.4) is 0 Å². The third-order valence-corrected chi connectivity index (χ3v) is 5.94. The molecule has 7 heteroatoms. The fourth-order valence-corrected chi connectivity index (χ4v) is 4.14. The van der Waals surface area contributed by atoms with Crippen molar-refractivity contribution in [1.29, 1.82) is 0 Å². The van der Waals surface area contributed by atoms with Gasteiger partial charge in [0.2, 0.25) is 5.91 Å². The Hall–Kier alpha value is -2.93. The number of benzene rings is 2. The molecule has 0 radical (unpaired) electrons. The van der Waals surface area contributed by atoms with Crippen LogP contribution >= 0.6 is 0 Å². The number of halogens is 1. The molecule has 1 atom stereocenters. The summed E-state index contributed by atoms with van der Waals surface area (Å²) in [6.07, 6.45) is 1.47. The molecular weight excluding hydrogens is 397 g/mol. The van der Waals surface area contributed by atoms with Crippen LogP contribution in [0.5, 0.6) is 0 Å². The molecule has 2 amide bonds. The van der Waals surface area contributed by atoms with Gasteiger partial charge >= 0.3 is 0 Å². The molecule has 2 heterocycles. The van der Waals surface area contributed by atoms with Crippen molar-refractivity contribution in [3.63, 3.8) is 0 Å². The topological polar surface area (TPSA) is 61.9 Å². The van der Waals surface area contributed by atoms with Gasteiger partial charge in [-0.15, -0.1) is 0 Å². The molecule has 0 spiro atoms. The van der Waals surface area contributed by atoms with Crippen LogP contribution in [-0.4, -0.2) is 56.1 Å². The van der Waals surface area contributed by atoms with Crippen molar-refractivity contribution in [3.05, 3.63) is 59.4 Å². The number of aryl methyl sites for hydroxylation is 1. The Morgan fingerprint density at radius 2 is 1.81 bits per heavy atom. The van der Waals surface area contributed by atoms with Crippen LogP contribution in [0.4, 0.5) is 15.8 Å². The van der Waals surface area contributed by atoms with Gasteiger partial charge in [0.05, 0.1) is 24.8 Å². The Kier molecular flexibility index (Phi) is 6.51. The highest BCUT2D eigenvalue weighted by molar-refractivity contribution is 5.96. The number of carbonyl (C=O) groups excluding carboxylic acids is 2. The molecule has 0 saturated carbocycles. The highest BCUT2D eigenvalue weighted by Crippen LogP contribution is 2.25. The maximum Gasteiger partial charge on any atom is 0.253 e. The molecule has 31 heavy (non-hydrogen) atoms. The van der Waals surface area contributed by atoms with Crippen LogP contribution in [0, 0.1) is 18.7 Å². The van der Waals surface area contributed by atoms with E-state index in [9.17, 15) is 14.0 Å². The molecule has 2 fully saturated rings. The second-order valence-electron chi connectivity index (χ2n) is 8.21. The van der Waals surface area contributed by atoms with E-state index in [0.29, 0.717) is 62.8 Å².